The van der Waals surface area contributed by atoms with Crippen molar-refractivity contribution in [2.45, 2.75) is 19.9 Å². The Morgan fingerprint density at radius 2 is 1.93 bits per heavy atom. The summed E-state index contributed by atoms with van der Waals surface area (Å²) in [5, 5.41) is 9.60. The molecule has 0 aliphatic carbocycles. The number of amidine groups is 1. The van der Waals surface area contributed by atoms with Crippen LogP contribution in [0, 0.1) is 0 Å². The summed E-state index contributed by atoms with van der Waals surface area (Å²) in [7, 11) is 1.55. The van der Waals surface area contributed by atoms with Gasteiger partial charge in [0.05, 0.1) is 24.3 Å². The minimum atomic E-state index is -0.111. The highest BCUT2D eigenvalue weighted by molar-refractivity contribution is 8.19. The number of methoxy groups -OCH3 is 1. The van der Waals surface area contributed by atoms with E-state index in [1.807, 2.05) is 56.3 Å². The fourth-order valence-corrected chi connectivity index (χ4v) is 3.90. The zero-order chi connectivity index (χ0) is 20.8. The third-order valence-electron chi connectivity index (χ3n) is 4.02. The van der Waals surface area contributed by atoms with Crippen LogP contribution < -0.4 is 14.4 Å². The van der Waals surface area contributed by atoms with Crippen LogP contribution in [0.3, 0.4) is 0 Å². The number of aliphatic imine (C=N–C) groups is 1. The van der Waals surface area contributed by atoms with Gasteiger partial charge in [0.1, 0.15) is 6.61 Å². The molecular formula is C22H24N2O4S. The lowest BCUT2D eigenvalue weighted by Gasteiger charge is -2.16. The monoisotopic (exact) mass is 412 g/mol. The number of rotatable bonds is 7. The minimum absolute atomic E-state index is 0.0684. The van der Waals surface area contributed by atoms with Crippen molar-refractivity contribution in [2.24, 2.45) is 4.99 Å². The Bertz CT molecular complexity index is 926. The maximum Gasteiger partial charge on any atom is 0.271 e. The molecule has 1 N–H and O–H groups in total. The van der Waals surface area contributed by atoms with Crippen molar-refractivity contribution in [1.29, 1.82) is 0 Å². The van der Waals surface area contributed by atoms with Crippen LogP contribution in [-0.2, 0) is 4.79 Å². The number of ether oxygens (including phenoxy) is 2. The topological polar surface area (TPSA) is 71.4 Å². The third kappa shape index (κ3) is 4.99. The Balaban J connectivity index is 1.94. The van der Waals surface area contributed by atoms with Crippen LogP contribution in [0.4, 0.5) is 5.69 Å². The van der Waals surface area contributed by atoms with Crippen LogP contribution in [-0.4, -0.2) is 42.5 Å². The van der Waals surface area contributed by atoms with Gasteiger partial charge in [-0.15, -0.1) is 0 Å². The normalized spacial score (nSPS) is 16.9. The van der Waals surface area contributed by atoms with E-state index >= 15 is 0 Å². The lowest BCUT2D eigenvalue weighted by atomic mass is 10.2. The first-order valence-corrected chi connectivity index (χ1v) is 10.1. The number of nitrogens with zero attached hydrogens (tertiary/aromatic N) is 2. The summed E-state index contributed by atoms with van der Waals surface area (Å²) in [5.41, 5.74) is 1.60. The second kappa shape index (κ2) is 9.62. The Labute approximate surface area is 174 Å². The van der Waals surface area contributed by atoms with Gasteiger partial charge in [-0.1, -0.05) is 24.3 Å². The van der Waals surface area contributed by atoms with Gasteiger partial charge in [-0.2, -0.15) is 0 Å². The number of para-hydroxylation sites is 1. The van der Waals surface area contributed by atoms with Gasteiger partial charge >= 0.3 is 0 Å². The molecule has 1 amide bonds. The van der Waals surface area contributed by atoms with Gasteiger partial charge in [-0.25, -0.2) is 0 Å². The summed E-state index contributed by atoms with van der Waals surface area (Å²) in [4.78, 5) is 20.0. The van der Waals surface area contributed by atoms with Crippen LogP contribution in [0.2, 0.25) is 0 Å². The highest BCUT2D eigenvalue weighted by Crippen LogP contribution is 2.37. The standard InChI is InChI=1S/C22H24N2O4S/c1-15(2)23-22-24(17-7-5-4-6-8-17)21(26)20(29-22)14-16-9-10-18(28-12-11-25)19(13-16)27-3/h4-10,13-15,25H,11-12H2,1-3H3/b20-14-,23-22?. The molecule has 29 heavy (non-hydrogen) atoms. The molecular weight excluding hydrogens is 388 g/mol. The van der Waals surface area contributed by atoms with Crippen molar-refractivity contribution in [3.8, 4) is 11.5 Å². The van der Waals surface area contributed by atoms with Crippen molar-refractivity contribution >= 4 is 34.6 Å². The summed E-state index contributed by atoms with van der Waals surface area (Å²) in [5.74, 6) is 0.974. The lowest BCUT2D eigenvalue weighted by Crippen LogP contribution is -2.29. The molecule has 1 saturated heterocycles. The molecule has 7 heteroatoms. The van der Waals surface area contributed by atoms with Crippen molar-refractivity contribution < 1.29 is 19.4 Å². The molecule has 1 aliphatic rings. The lowest BCUT2D eigenvalue weighted by molar-refractivity contribution is -0.113. The predicted octanol–water partition coefficient (Wildman–Crippen LogP) is 3.95. The molecule has 0 saturated carbocycles. The Hall–Kier alpha value is -2.77. The van der Waals surface area contributed by atoms with Crippen LogP contribution >= 0.6 is 11.8 Å². The molecule has 0 radical (unpaired) electrons. The van der Waals surface area contributed by atoms with E-state index in [9.17, 15) is 4.79 Å². The van der Waals surface area contributed by atoms with Gasteiger partial charge in [-0.3, -0.25) is 14.7 Å². The van der Waals surface area contributed by atoms with E-state index in [-0.39, 0.29) is 25.2 Å². The largest absolute Gasteiger partial charge is 0.493 e. The van der Waals surface area contributed by atoms with Gasteiger partial charge in [0.15, 0.2) is 16.7 Å². The molecule has 1 heterocycles. The van der Waals surface area contributed by atoms with E-state index in [0.29, 0.717) is 21.6 Å². The first-order chi connectivity index (χ1) is 14.0. The van der Waals surface area contributed by atoms with Gasteiger partial charge < -0.3 is 14.6 Å². The van der Waals surface area contributed by atoms with Crippen LogP contribution in [0.5, 0.6) is 11.5 Å². The van der Waals surface area contributed by atoms with Crippen LogP contribution in [0.15, 0.2) is 58.4 Å². The Morgan fingerprint density at radius 1 is 1.17 bits per heavy atom. The molecule has 1 fully saturated rings. The molecule has 0 aromatic heterocycles. The summed E-state index contributed by atoms with van der Waals surface area (Å²) < 4.78 is 10.8. The predicted molar refractivity (Wildman–Crippen MR) is 118 cm³/mol. The molecule has 0 spiro atoms. The van der Waals surface area contributed by atoms with E-state index in [1.54, 1.807) is 24.1 Å². The number of carbonyl (C=O) groups excluding carboxylic acids is 1. The zero-order valence-corrected chi connectivity index (χ0v) is 17.5. The second-order valence-electron chi connectivity index (χ2n) is 6.57. The summed E-state index contributed by atoms with van der Waals surface area (Å²) in [6.45, 7) is 4.08. The highest BCUT2D eigenvalue weighted by atomic mass is 32.2. The molecule has 3 rings (SSSR count). The first kappa shape index (κ1) is 21.0. The quantitative estimate of drug-likeness (QED) is 0.697. The molecule has 2 aromatic rings. The number of hydrogen-bond donors (Lipinski definition) is 1. The average molecular weight is 413 g/mol. The van der Waals surface area contributed by atoms with Crippen LogP contribution in [0.1, 0.15) is 19.4 Å². The number of hydrogen-bond acceptors (Lipinski definition) is 6. The fraction of sp³-hybridized carbons (Fsp3) is 0.273. The number of benzene rings is 2. The molecule has 0 unspecified atom stereocenters. The van der Waals surface area contributed by atoms with E-state index in [0.717, 1.165) is 11.3 Å². The van der Waals surface area contributed by atoms with E-state index in [2.05, 4.69) is 4.99 Å². The summed E-state index contributed by atoms with van der Waals surface area (Å²) in [6, 6.07) is 15.0. The van der Waals surface area contributed by atoms with E-state index in [1.165, 1.54) is 11.8 Å². The zero-order valence-electron chi connectivity index (χ0n) is 16.7. The highest BCUT2D eigenvalue weighted by Gasteiger charge is 2.34. The first-order valence-electron chi connectivity index (χ1n) is 9.32. The molecule has 152 valence electrons. The number of thioether (sulfide) groups is 1. The van der Waals surface area contributed by atoms with Crippen molar-refractivity contribution in [3.05, 3.63) is 59.0 Å². The molecule has 0 atom stereocenters. The SMILES string of the molecule is COc1cc(/C=C2\SC(=NC(C)C)N(c3ccccc3)C2=O)ccc1OCCO. The van der Waals surface area contributed by atoms with Gasteiger partial charge in [0.2, 0.25) is 0 Å². The second-order valence-corrected chi connectivity index (χ2v) is 7.58. The summed E-state index contributed by atoms with van der Waals surface area (Å²) >= 11 is 1.36. The smallest absolute Gasteiger partial charge is 0.271 e. The van der Waals surface area contributed by atoms with Crippen LogP contribution in [0.25, 0.3) is 6.08 Å². The molecule has 1 aliphatic heterocycles. The molecule has 0 bridgehead atoms. The van der Waals surface area contributed by atoms with Crippen molar-refractivity contribution in [1.82, 2.24) is 0 Å². The Morgan fingerprint density at radius 3 is 2.59 bits per heavy atom. The minimum Gasteiger partial charge on any atom is -0.493 e. The number of carbonyl (C=O) groups is 1. The number of amides is 1. The Kier molecular flexibility index (Phi) is 6.95. The van der Waals surface area contributed by atoms with Crippen molar-refractivity contribution in [3.63, 3.8) is 0 Å². The fourth-order valence-electron chi connectivity index (χ4n) is 2.79. The number of aliphatic hydroxyl groups excluding tert-OH is 1. The average Bonchev–Trinajstić information content (AvgIpc) is 3.01. The number of aliphatic hydroxyl groups is 1. The summed E-state index contributed by atoms with van der Waals surface area (Å²) in [6.07, 6.45) is 1.82. The maximum absolute atomic E-state index is 13.1. The molecule has 6 nitrogen and oxygen atoms in total. The maximum atomic E-state index is 13.1. The van der Waals surface area contributed by atoms with E-state index < -0.39 is 0 Å². The van der Waals surface area contributed by atoms with Crippen molar-refractivity contribution in [2.75, 3.05) is 25.2 Å². The van der Waals surface area contributed by atoms with Gasteiger partial charge in [0.25, 0.3) is 5.91 Å². The molecule has 2 aromatic carbocycles. The van der Waals surface area contributed by atoms with Gasteiger partial charge in [0, 0.05) is 6.04 Å². The van der Waals surface area contributed by atoms with Gasteiger partial charge in [-0.05, 0) is 61.5 Å². The van der Waals surface area contributed by atoms with E-state index in [4.69, 9.17) is 14.6 Å². The number of anilines is 1. The third-order valence-corrected chi connectivity index (χ3v) is 5.01.